The number of aromatic nitrogens is 2. The molecule has 0 atom stereocenters. The Bertz CT molecular complexity index is 463. The molecule has 74 valence electrons. The Balaban J connectivity index is 2.63. The topological polar surface area (TPSA) is 43.3 Å². The van der Waals surface area contributed by atoms with Crippen LogP contribution >= 0.6 is 0 Å². The van der Waals surface area contributed by atoms with Crippen molar-refractivity contribution < 1.29 is 0 Å². The predicted octanol–water partition coefficient (Wildman–Crippen LogP) is 2.21. The standard InChI is InChI=1S/C11H15N3/c1-11(2,3)9-7-14-6-8(12)4-5-10(14)13-9/h4-7H,12H2,1-3H3. The third kappa shape index (κ3) is 1.45. The molecule has 0 saturated heterocycles. The van der Waals surface area contributed by atoms with Crippen LogP contribution in [0.15, 0.2) is 24.5 Å². The number of fused-ring (bicyclic) bond motifs is 1. The number of hydrogen-bond donors (Lipinski definition) is 1. The molecule has 0 aromatic carbocycles. The lowest BCUT2D eigenvalue weighted by Crippen LogP contribution is -2.11. The summed E-state index contributed by atoms with van der Waals surface area (Å²) in [6, 6.07) is 3.80. The van der Waals surface area contributed by atoms with E-state index in [0.29, 0.717) is 0 Å². The highest BCUT2D eigenvalue weighted by Gasteiger charge is 2.17. The van der Waals surface area contributed by atoms with Crippen LogP contribution in [-0.2, 0) is 5.41 Å². The van der Waals surface area contributed by atoms with Gasteiger partial charge in [-0.2, -0.15) is 0 Å². The van der Waals surface area contributed by atoms with E-state index in [1.165, 1.54) is 0 Å². The monoisotopic (exact) mass is 189 g/mol. The Morgan fingerprint density at radius 1 is 1.21 bits per heavy atom. The maximum absolute atomic E-state index is 5.69. The first kappa shape index (κ1) is 9.06. The first-order chi connectivity index (χ1) is 6.47. The smallest absolute Gasteiger partial charge is 0.137 e. The summed E-state index contributed by atoms with van der Waals surface area (Å²) in [5, 5.41) is 0. The first-order valence-electron chi connectivity index (χ1n) is 4.71. The summed E-state index contributed by atoms with van der Waals surface area (Å²) < 4.78 is 1.97. The summed E-state index contributed by atoms with van der Waals surface area (Å²) in [4.78, 5) is 4.53. The van der Waals surface area contributed by atoms with E-state index in [9.17, 15) is 0 Å². The van der Waals surface area contributed by atoms with Crippen molar-refractivity contribution in [2.45, 2.75) is 26.2 Å². The van der Waals surface area contributed by atoms with E-state index in [4.69, 9.17) is 5.73 Å². The molecule has 3 nitrogen and oxygen atoms in total. The molecule has 0 unspecified atom stereocenters. The van der Waals surface area contributed by atoms with E-state index in [-0.39, 0.29) is 5.41 Å². The minimum absolute atomic E-state index is 0.0841. The van der Waals surface area contributed by atoms with Crippen LogP contribution in [0.4, 0.5) is 5.69 Å². The largest absolute Gasteiger partial charge is 0.398 e. The third-order valence-electron chi connectivity index (χ3n) is 2.24. The van der Waals surface area contributed by atoms with Gasteiger partial charge in [0.05, 0.1) is 5.69 Å². The van der Waals surface area contributed by atoms with Gasteiger partial charge in [-0.15, -0.1) is 0 Å². The Morgan fingerprint density at radius 2 is 1.93 bits per heavy atom. The average Bonchev–Trinajstić information content (AvgIpc) is 2.45. The molecule has 0 saturated carbocycles. The molecule has 0 bridgehead atoms. The molecule has 2 aromatic rings. The summed E-state index contributed by atoms with van der Waals surface area (Å²) in [5.41, 5.74) is 8.57. The number of nitrogens with zero attached hydrogens (tertiary/aromatic N) is 2. The van der Waals surface area contributed by atoms with Crippen molar-refractivity contribution in [3.63, 3.8) is 0 Å². The van der Waals surface area contributed by atoms with Crippen molar-refractivity contribution in [2.24, 2.45) is 0 Å². The van der Waals surface area contributed by atoms with Crippen molar-refractivity contribution in [2.75, 3.05) is 5.73 Å². The van der Waals surface area contributed by atoms with Crippen LogP contribution in [-0.4, -0.2) is 9.38 Å². The molecule has 0 amide bonds. The van der Waals surface area contributed by atoms with Gasteiger partial charge in [0.25, 0.3) is 0 Å². The molecular weight excluding hydrogens is 174 g/mol. The van der Waals surface area contributed by atoms with Gasteiger partial charge in [-0.25, -0.2) is 4.98 Å². The van der Waals surface area contributed by atoms with E-state index in [1.807, 2.05) is 28.9 Å². The number of rotatable bonds is 0. The van der Waals surface area contributed by atoms with E-state index >= 15 is 0 Å². The second-order valence-electron chi connectivity index (χ2n) is 4.60. The van der Waals surface area contributed by atoms with E-state index in [2.05, 4.69) is 25.8 Å². The maximum atomic E-state index is 5.69. The minimum atomic E-state index is 0.0841. The molecule has 0 aliphatic rings. The normalized spacial score (nSPS) is 12.2. The van der Waals surface area contributed by atoms with Gasteiger partial charge in [0, 0.05) is 23.5 Å². The van der Waals surface area contributed by atoms with Crippen LogP contribution < -0.4 is 5.73 Å². The van der Waals surface area contributed by atoms with Crippen LogP contribution in [0, 0.1) is 0 Å². The van der Waals surface area contributed by atoms with Crippen molar-refractivity contribution in [1.29, 1.82) is 0 Å². The minimum Gasteiger partial charge on any atom is -0.398 e. The third-order valence-corrected chi connectivity index (χ3v) is 2.24. The lowest BCUT2D eigenvalue weighted by molar-refractivity contribution is 0.573. The highest BCUT2D eigenvalue weighted by molar-refractivity contribution is 5.48. The molecule has 0 aliphatic heterocycles. The van der Waals surface area contributed by atoms with Gasteiger partial charge >= 0.3 is 0 Å². The van der Waals surface area contributed by atoms with E-state index < -0.39 is 0 Å². The fraction of sp³-hybridized carbons (Fsp3) is 0.364. The zero-order valence-corrected chi connectivity index (χ0v) is 8.78. The van der Waals surface area contributed by atoms with Crippen LogP contribution in [0.2, 0.25) is 0 Å². The molecule has 0 aliphatic carbocycles. The van der Waals surface area contributed by atoms with Gasteiger partial charge in [-0.1, -0.05) is 20.8 Å². The van der Waals surface area contributed by atoms with Crippen LogP contribution in [0.25, 0.3) is 5.65 Å². The Labute approximate surface area is 83.6 Å². The van der Waals surface area contributed by atoms with Gasteiger partial charge in [-0.05, 0) is 12.1 Å². The quantitative estimate of drug-likeness (QED) is 0.690. The van der Waals surface area contributed by atoms with Crippen molar-refractivity contribution in [1.82, 2.24) is 9.38 Å². The number of imidazole rings is 1. The summed E-state index contributed by atoms with van der Waals surface area (Å²) >= 11 is 0. The molecule has 2 N–H and O–H groups in total. The van der Waals surface area contributed by atoms with Gasteiger partial charge < -0.3 is 10.1 Å². The zero-order chi connectivity index (χ0) is 10.3. The van der Waals surface area contributed by atoms with E-state index in [1.54, 1.807) is 0 Å². The second-order valence-corrected chi connectivity index (χ2v) is 4.60. The second kappa shape index (κ2) is 2.74. The van der Waals surface area contributed by atoms with Crippen molar-refractivity contribution >= 4 is 11.3 Å². The van der Waals surface area contributed by atoms with Crippen molar-refractivity contribution in [3.8, 4) is 0 Å². The number of anilines is 1. The SMILES string of the molecule is CC(C)(C)c1cn2cc(N)ccc2n1. The van der Waals surface area contributed by atoms with E-state index in [0.717, 1.165) is 17.0 Å². The summed E-state index contributed by atoms with van der Waals surface area (Å²) in [6.45, 7) is 6.45. The molecule has 0 fully saturated rings. The molecule has 2 aromatic heterocycles. The molecular formula is C11H15N3. The number of pyridine rings is 1. The summed E-state index contributed by atoms with van der Waals surface area (Å²) in [5.74, 6) is 0. The number of nitrogens with two attached hydrogens (primary N) is 1. The highest BCUT2D eigenvalue weighted by Crippen LogP contribution is 2.21. The Hall–Kier alpha value is -1.51. The lowest BCUT2D eigenvalue weighted by atomic mass is 9.93. The molecule has 0 spiro atoms. The fourth-order valence-corrected chi connectivity index (χ4v) is 1.37. The van der Waals surface area contributed by atoms with Crippen LogP contribution in [0.1, 0.15) is 26.5 Å². The van der Waals surface area contributed by atoms with Crippen LogP contribution in [0.5, 0.6) is 0 Å². The van der Waals surface area contributed by atoms with Crippen LogP contribution in [0.3, 0.4) is 0 Å². The molecule has 0 radical (unpaired) electrons. The van der Waals surface area contributed by atoms with Gasteiger partial charge in [0.2, 0.25) is 0 Å². The van der Waals surface area contributed by atoms with Crippen molar-refractivity contribution in [3.05, 3.63) is 30.2 Å². The first-order valence-corrected chi connectivity index (χ1v) is 4.71. The van der Waals surface area contributed by atoms with Gasteiger partial charge in [0.15, 0.2) is 0 Å². The zero-order valence-electron chi connectivity index (χ0n) is 8.78. The molecule has 14 heavy (non-hydrogen) atoms. The summed E-state index contributed by atoms with van der Waals surface area (Å²) in [7, 11) is 0. The van der Waals surface area contributed by atoms with Gasteiger partial charge in [-0.3, -0.25) is 0 Å². The molecule has 3 heteroatoms. The Kier molecular flexibility index (Phi) is 1.77. The molecule has 2 rings (SSSR count). The highest BCUT2D eigenvalue weighted by atomic mass is 15.0. The Morgan fingerprint density at radius 3 is 2.57 bits per heavy atom. The lowest BCUT2D eigenvalue weighted by Gasteiger charge is -2.13. The molecule has 2 heterocycles. The fourth-order valence-electron chi connectivity index (χ4n) is 1.37. The number of nitrogen functional groups attached to an aromatic ring is 1. The summed E-state index contributed by atoms with van der Waals surface area (Å²) in [6.07, 6.45) is 3.92. The number of hydrogen-bond acceptors (Lipinski definition) is 2. The maximum Gasteiger partial charge on any atom is 0.137 e. The average molecular weight is 189 g/mol. The predicted molar refractivity (Wildman–Crippen MR) is 58.3 cm³/mol. The van der Waals surface area contributed by atoms with Gasteiger partial charge in [0.1, 0.15) is 5.65 Å².